The van der Waals surface area contributed by atoms with Gasteiger partial charge in [0.2, 0.25) is 0 Å². The molecule has 3 heterocycles. The van der Waals surface area contributed by atoms with E-state index in [1.165, 1.54) is 0 Å². The summed E-state index contributed by atoms with van der Waals surface area (Å²) in [4.78, 5) is 16.3. The average Bonchev–Trinajstić information content (AvgIpc) is 2.73. The van der Waals surface area contributed by atoms with Crippen LogP contribution in [0.4, 0.5) is 11.5 Å². The standard InChI is InChI=1S/C19H17N5O3/c25-19(21-12-14-3-1-2-8-20-14)15-5-7-18(24-23-15)22-13-4-6-16-17(11-13)27-10-9-26-16/h1-8,11H,9-10,12H2,(H,21,25)(H,22,24). The summed E-state index contributed by atoms with van der Waals surface area (Å²) in [5, 5.41) is 13.9. The zero-order valence-electron chi connectivity index (χ0n) is 14.4. The van der Waals surface area contributed by atoms with E-state index in [0.29, 0.717) is 31.3 Å². The maximum atomic E-state index is 12.2. The Labute approximate surface area is 155 Å². The van der Waals surface area contributed by atoms with Crippen molar-refractivity contribution in [2.24, 2.45) is 0 Å². The number of anilines is 2. The first-order chi connectivity index (χ1) is 13.3. The summed E-state index contributed by atoms with van der Waals surface area (Å²) in [6.07, 6.45) is 1.68. The first-order valence-electron chi connectivity index (χ1n) is 8.46. The van der Waals surface area contributed by atoms with Crippen LogP contribution in [0.5, 0.6) is 11.5 Å². The fourth-order valence-electron chi connectivity index (χ4n) is 2.55. The molecule has 1 aliphatic heterocycles. The molecule has 0 unspecified atom stereocenters. The molecule has 0 saturated heterocycles. The van der Waals surface area contributed by atoms with Crippen LogP contribution >= 0.6 is 0 Å². The topological polar surface area (TPSA) is 98.3 Å². The van der Waals surface area contributed by atoms with E-state index in [1.807, 2.05) is 36.4 Å². The number of carbonyl (C=O) groups is 1. The van der Waals surface area contributed by atoms with E-state index in [2.05, 4.69) is 25.8 Å². The van der Waals surface area contributed by atoms with Gasteiger partial charge in [0.15, 0.2) is 23.0 Å². The van der Waals surface area contributed by atoms with E-state index in [-0.39, 0.29) is 11.6 Å². The molecule has 2 N–H and O–H groups in total. The molecule has 2 aromatic heterocycles. The zero-order valence-corrected chi connectivity index (χ0v) is 14.4. The molecule has 4 rings (SSSR count). The Hall–Kier alpha value is -3.68. The first-order valence-corrected chi connectivity index (χ1v) is 8.46. The summed E-state index contributed by atoms with van der Waals surface area (Å²) < 4.78 is 11.1. The molecule has 0 fully saturated rings. The summed E-state index contributed by atoms with van der Waals surface area (Å²) in [7, 11) is 0. The molecule has 0 bridgehead atoms. The van der Waals surface area contributed by atoms with Crippen molar-refractivity contribution in [2.45, 2.75) is 6.54 Å². The monoisotopic (exact) mass is 363 g/mol. The molecule has 1 aliphatic rings. The van der Waals surface area contributed by atoms with Gasteiger partial charge in [0.1, 0.15) is 13.2 Å². The van der Waals surface area contributed by atoms with Gasteiger partial charge in [-0.1, -0.05) is 6.07 Å². The lowest BCUT2D eigenvalue weighted by atomic mass is 10.2. The van der Waals surface area contributed by atoms with Gasteiger partial charge >= 0.3 is 0 Å². The second-order valence-corrected chi connectivity index (χ2v) is 5.79. The van der Waals surface area contributed by atoms with Gasteiger partial charge in [-0.15, -0.1) is 10.2 Å². The van der Waals surface area contributed by atoms with Gasteiger partial charge in [-0.05, 0) is 36.4 Å². The van der Waals surface area contributed by atoms with Gasteiger partial charge < -0.3 is 20.1 Å². The number of fused-ring (bicyclic) bond motifs is 1. The molecule has 136 valence electrons. The van der Waals surface area contributed by atoms with Crippen molar-refractivity contribution in [3.63, 3.8) is 0 Å². The number of rotatable bonds is 5. The van der Waals surface area contributed by atoms with Crippen LogP contribution < -0.4 is 20.1 Å². The number of aromatic nitrogens is 3. The van der Waals surface area contributed by atoms with Crippen molar-refractivity contribution in [3.8, 4) is 11.5 Å². The molecule has 1 amide bonds. The van der Waals surface area contributed by atoms with Crippen LogP contribution in [0.2, 0.25) is 0 Å². The summed E-state index contributed by atoms with van der Waals surface area (Å²) >= 11 is 0. The second kappa shape index (κ2) is 7.69. The zero-order chi connectivity index (χ0) is 18.5. The SMILES string of the molecule is O=C(NCc1ccccn1)c1ccc(Nc2ccc3c(c2)OCCO3)nn1. The highest BCUT2D eigenvalue weighted by Crippen LogP contribution is 2.33. The molecular formula is C19H17N5O3. The molecule has 3 aromatic rings. The molecule has 27 heavy (non-hydrogen) atoms. The number of ether oxygens (including phenoxy) is 2. The van der Waals surface area contributed by atoms with E-state index in [1.54, 1.807) is 18.3 Å². The molecule has 1 aromatic carbocycles. The first kappa shape index (κ1) is 16.8. The maximum absolute atomic E-state index is 12.2. The number of carbonyl (C=O) groups excluding carboxylic acids is 1. The van der Waals surface area contributed by atoms with E-state index in [9.17, 15) is 4.79 Å². The number of nitrogens with one attached hydrogen (secondary N) is 2. The van der Waals surface area contributed by atoms with Crippen LogP contribution in [0, 0.1) is 0 Å². The third-order valence-electron chi connectivity index (χ3n) is 3.87. The van der Waals surface area contributed by atoms with E-state index < -0.39 is 0 Å². The lowest BCUT2D eigenvalue weighted by Crippen LogP contribution is -2.24. The van der Waals surface area contributed by atoms with Crippen molar-refractivity contribution in [1.29, 1.82) is 0 Å². The van der Waals surface area contributed by atoms with E-state index in [4.69, 9.17) is 9.47 Å². The van der Waals surface area contributed by atoms with Crippen LogP contribution in [0.25, 0.3) is 0 Å². The lowest BCUT2D eigenvalue weighted by Gasteiger charge is -2.19. The van der Waals surface area contributed by atoms with Crippen LogP contribution in [0.3, 0.4) is 0 Å². The molecule has 8 heteroatoms. The molecular weight excluding hydrogens is 346 g/mol. The number of hydrogen-bond donors (Lipinski definition) is 2. The fourth-order valence-corrected chi connectivity index (χ4v) is 2.55. The predicted molar refractivity (Wildman–Crippen MR) is 98.2 cm³/mol. The number of nitrogens with zero attached hydrogens (tertiary/aromatic N) is 3. The van der Waals surface area contributed by atoms with Crippen LogP contribution in [-0.2, 0) is 6.54 Å². The Kier molecular flexibility index (Phi) is 4.78. The Morgan fingerprint density at radius 1 is 1.00 bits per heavy atom. The highest BCUT2D eigenvalue weighted by molar-refractivity contribution is 5.92. The number of amides is 1. The predicted octanol–water partition coefficient (Wildman–Crippen LogP) is 2.32. The van der Waals surface area contributed by atoms with Gasteiger partial charge in [0, 0.05) is 18.0 Å². The van der Waals surface area contributed by atoms with E-state index in [0.717, 1.165) is 17.1 Å². The highest BCUT2D eigenvalue weighted by atomic mass is 16.6. The fraction of sp³-hybridized carbons (Fsp3) is 0.158. The van der Waals surface area contributed by atoms with Gasteiger partial charge in [-0.2, -0.15) is 0 Å². The van der Waals surface area contributed by atoms with Crippen LogP contribution in [0.15, 0.2) is 54.7 Å². The van der Waals surface area contributed by atoms with Gasteiger partial charge in [0.25, 0.3) is 5.91 Å². The average molecular weight is 363 g/mol. The summed E-state index contributed by atoms with van der Waals surface area (Å²) in [6, 6.07) is 14.4. The Bertz CT molecular complexity index is 932. The van der Waals surface area contributed by atoms with Crippen LogP contribution in [-0.4, -0.2) is 34.3 Å². The minimum atomic E-state index is -0.306. The van der Waals surface area contributed by atoms with Crippen molar-refractivity contribution >= 4 is 17.4 Å². The molecule has 0 spiro atoms. The molecule has 0 radical (unpaired) electrons. The van der Waals surface area contributed by atoms with E-state index >= 15 is 0 Å². The largest absolute Gasteiger partial charge is 0.486 e. The molecule has 8 nitrogen and oxygen atoms in total. The molecule has 0 aliphatic carbocycles. The van der Waals surface area contributed by atoms with Crippen molar-refractivity contribution in [2.75, 3.05) is 18.5 Å². The second-order valence-electron chi connectivity index (χ2n) is 5.79. The summed E-state index contributed by atoms with van der Waals surface area (Å²) in [5.41, 5.74) is 1.80. The van der Waals surface area contributed by atoms with Crippen molar-refractivity contribution < 1.29 is 14.3 Å². The smallest absolute Gasteiger partial charge is 0.272 e. The lowest BCUT2D eigenvalue weighted by molar-refractivity contribution is 0.0944. The number of hydrogen-bond acceptors (Lipinski definition) is 7. The number of benzene rings is 1. The Morgan fingerprint density at radius 2 is 1.89 bits per heavy atom. The summed E-state index contributed by atoms with van der Waals surface area (Å²) in [5.74, 6) is 1.62. The quantitative estimate of drug-likeness (QED) is 0.718. The summed E-state index contributed by atoms with van der Waals surface area (Å²) in [6.45, 7) is 1.41. The minimum Gasteiger partial charge on any atom is -0.486 e. The highest BCUT2D eigenvalue weighted by Gasteiger charge is 2.12. The van der Waals surface area contributed by atoms with Gasteiger partial charge in [0.05, 0.1) is 12.2 Å². The van der Waals surface area contributed by atoms with Gasteiger partial charge in [-0.3, -0.25) is 9.78 Å². The maximum Gasteiger partial charge on any atom is 0.272 e. The third kappa shape index (κ3) is 4.12. The van der Waals surface area contributed by atoms with Crippen molar-refractivity contribution in [3.05, 3.63) is 66.1 Å². The Morgan fingerprint density at radius 3 is 2.67 bits per heavy atom. The van der Waals surface area contributed by atoms with Crippen LogP contribution in [0.1, 0.15) is 16.2 Å². The third-order valence-corrected chi connectivity index (χ3v) is 3.87. The molecule has 0 atom stereocenters. The normalized spacial score (nSPS) is 12.3. The van der Waals surface area contributed by atoms with Crippen molar-refractivity contribution in [1.82, 2.24) is 20.5 Å². The minimum absolute atomic E-state index is 0.235. The number of pyridine rings is 1. The van der Waals surface area contributed by atoms with Gasteiger partial charge in [-0.25, -0.2) is 0 Å². The molecule has 0 saturated carbocycles. The Balaban J connectivity index is 1.38.